The summed E-state index contributed by atoms with van der Waals surface area (Å²) >= 11 is 0. The van der Waals surface area contributed by atoms with Gasteiger partial charge in [-0.05, 0) is 68.7 Å². The third kappa shape index (κ3) is 3.25. The molecule has 1 aromatic carbocycles. The molecule has 2 aliphatic carbocycles. The van der Waals surface area contributed by atoms with Crippen molar-refractivity contribution < 1.29 is 4.79 Å². The summed E-state index contributed by atoms with van der Waals surface area (Å²) in [6.07, 6.45) is 6.11. The topological polar surface area (TPSA) is 51.4 Å². The van der Waals surface area contributed by atoms with Crippen molar-refractivity contribution in [2.24, 2.45) is 5.92 Å². The van der Waals surface area contributed by atoms with Gasteiger partial charge in [-0.2, -0.15) is 0 Å². The first-order chi connectivity index (χ1) is 14.1. The van der Waals surface area contributed by atoms with E-state index in [0.717, 1.165) is 38.5 Å². The van der Waals surface area contributed by atoms with Crippen LogP contribution in [0.3, 0.4) is 0 Å². The average Bonchev–Trinajstić information content (AvgIpc) is 3.46. The van der Waals surface area contributed by atoms with Gasteiger partial charge >= 0.3 is 6.03 Å². The van der Waals surface area contributed by atoms with E-state index in [0.29, 0.717) is 6.04 Å². The fourth-order valence-electron chi connectivity index (χ4n) is 5.28. The predicted molar refractivity (Wildman–Crippen MR) is 118 cm³/mol. The molecule has 5 heteroatoms. The summed E-state index contributed by atoms with van der Waals surface area (Å²) in [5, 5.41) is 4.68. The predicted octanol–water partition coefficient (Wildman–Crippen LogP) is 3.93. The first-order valence-corrected chi connectivity index (χ1v) is 11.2. The van der Waals surface area contributed by atoms with Gasteiger partial charge in [0.2, 0.25) is 0 Å². The van der Waals surface area contributed by atoms with Crippen LogP contribution in [0.15, 0.2) is 24.3 Å². The van der Waals surface area contributed by atoms with Crippen molar-refractivity contribution in [2.45, 2.75) is 52.1 Å². The molecule has 2 heterocycles. The molecule has 0 saturated heterocycles. The molecule has 1 aliphatic heterocycles. The number of benzene rings is 1. The second kappa shape index (κ2) is 7.21. The molecule has 5 nitrogen and oxygen atoms in total. The lowest BCUT2D eigenvalue weighted by Crippen LogP contribution is -2.54. The molecular weight excluding hydrogens is 360 g/mol. The molecule has 2 aromatic rings. The van der Waals surface area contributed by atoms with Crippen molar-refractivity contribution >= 4 is 22.5 Å². The Kier molecular flexibility index (Phi) is 4.66. The fraction of sp³-hybridized carbons (Fsp3) is 0.542. The number of hydrogen-bond acceptors (Lipinski definition) is 2. The molecule has 2 amide bonds. The summed E-state index contributed by atoms with van der Waals surface area (Å²) in [5.41, 5.74) is 6.76. The number of carbonyl (C=O) groups is 1. The lowest BCUT2D eigenvalue weighted by Gasteiger charge is -2.42. The first-order valence-electron chi connectivity index (χ1n) is 11.2. The van der Waals surface area contributed by atoms with Gasteiger partial charge in [-0.15, -0.1) is 0 Å². The summed E-state index contributed by atoms with van der Waals surface area (Å²) in [5.74, 6) is 0.831. The van der Waals surface area contributed by atoms with Crippen molar-refractivity contribution in [3.63, 3.8) is 0 Å². The highest BCUT2D eigenvalue weighted by Gasteiger charge is 2.38. The van der Waals surface area contributed by atoms with Gasteiger partial charge in [-0.25, -0.2) is 4.79 Å². The molecule has 0 spiro atoms. The first kappa shape index (κ1) is 18.7. The van der Waals surface area contributed by atoms with Crippen LogP contribution in [-0.4, -0.2) is 59.1 Å². The lowest BCUT2D eigenvalue weighted by atomic mass is 9.80. The highest BCUT2D eigenvalue weighted by Crippen LogP contribution is 2.43. The summed E-state index contributed by atoms with van der Waals surface area (Å²) in [6.45, 7) is 9.82. The zero-order valence-electron chi connectivity index (χ0n) is 17.8. The Balaban J connectivity index is 1.53. The number of aryl methyl sites for hydroxylation is 1. The van der Waals surface area contributed by atoms with E-state index in [9.17, 15) is 4.79 Å². The highest BCUT2D eigenvalue weighted by molar-refractivity contribution is 5.99. The van der Waals surface area contributed by atoms with Crippen LogP contribution >= 0.6 is 0 Å². The zero-order valence-corrected chi connectivity index (χ0v) is 17.8. The molecular formula is C24H32N4O. The number of nitrogens with zero attached hydrogens (tertiary/aromatic N) is 2. The number of amides is 2. The van der Waals surface area contributed by atoms with Crippen molar-refractivity contribution in [3.8, 4) is 0 Å². The van der Waals surface area contributed by atoms with Gasteiger partial charge in [0, 0.05) is 48.8 Å². The van der Waals surface area contributed by atoms with E-state index >= 15 is 0 Å². The minimum atomic E-state index is 0.0499. The molecule has 0 unspecified atom stereocenters. The van der Waals surface area contributed by atoms with Gasteiger partial charge in [0.25, 0.3) is 0 Å². The summed E-state index contributed by atoms with van der Waals surface area (Å²) < 4.78 is 0. The van der Waals surface area contributed by atoms with E-state index in [4.69, 9.17) is 0 Å². The second-order valence-corrected chi connectivity index (χ2v) is 8.92. The van der Waals surface area contributed by atoms with Crippen LogP contribution < -0.4 is 5.32 Å². The maximum absolute atomic E-state index is 12.7. The van der Waals surface area contributed by atoms with Gasteiger partial charge in [-0.3, -0.25) is 4.90 Å². The number of carbonyl (C=O) groups excluding carboxylic acids is 1. The third-order valence-corrected chi connectivity index (χ3v) is 7.01. The molecule has 5 rings (SSSR count). The van der Waals surface area contributed by atoms with Crippen molar-refractivity contribution in [1.29, 1.82) is 0 Å². The van der Waals surface area contributed by atoms with Gasteiger partial charge in [-0.1, -0.05) is 18.2 Å². The largest absolute Gasteiger partial charge is 0.358 e. The van der Waals surface area contributed by atoms with Crippen molar-refractivity contribution in [3.05, 3.63) is 41.1 Å². The van der Waals surface area contributed by atoms with Crippen molar-refractivity contribution in [1.82, 2.24) is 20.1 Å². The maximum atomic E-state index is 12.7. The number of aromatic nitrogens is 1. The summed E-state index contributed by atoms with van der Waals surface area (Å²) in [4.78, 5) is 20.8. The number of nitrogens with one attached hydrogen (secondary N) is 2. The number of hydrogen-bond donors (Lipinski definition) is 2. The lowest BCUT2D eigenvalue weighted by molar-refractivity contribution is 0.180. The quantitative estimate of drug-likeness (QED) is 0.810. The minimum Gasteiger partial charge on any atom is -0.358 e. The summed E-state index contributed by atoms with van der Waals surface area (Å²) in [6, 6.07) is 7.13. The molecule has 2 atom stereocenters. The van der Waals surface area contributed by atoms with Crippen LogP contribution in [0.2, 0.25) is 0 Å². The summed E-state index contributed by atoms with van der Waals surface area (Å²) in [7, 11) is 0. The molecule has 0 bridgehead atoms. The molecule has 3 aliphatic rings. The number of urea groups is 1. The molecule has 1 aromatic heterocycles. The number of rotatable bonds is 5. The van der Waals surface area contributed by atoms with Crippen LogP contribution in [0.1, 0.15) is 43.5 Å². The third-order valence-electron chi connectivity index (χ3n) is 7.01. The highest BCUT2D eigenvalue weighted by atomic mass is 16.2. The van der Waals surface area contributed by atoms with Gasteiger partial charge in [0.15, 0.2) is 0 Å². The van der Waals surface area contributed by atoms with Crippen molar-refractivity contribution in [2.75, 3.05) is 26.2 Å². The average molecular weight is 393 g/mol. The number of H-pyrrole nitrogens is 1. The van der Waals surface area contributed by atoms with Crippen LogP contribution in [0, 0.1) is 12.8 Å². The molecule has 29 heavy (non-hydrogen) atoms. The second-order valence-electron chi connectivity index (χ2n) is 8.92. The van der Waals surface area contributed by atoms with Crippen LogP contribution in [0.25, 0.3) is 16.5 Å². The SMILES string of the molecule is CCN(CC)C(=O)N[C@H]1C=C2c3cccc4[nH]c(C)c(c34)C[C@H]2N(CC2CC2)C1. The minimum absolute atomic E-state index is 0.0499. The Morgan fingerprint density at radius 3 is 2.79 bits per heavy atom. The zero-order chi connectivity index (χ0) is 20.1. The van der Waals surface area contributed by atoms with E-state index in [1.807, 2.05) is 18.7 Å². The Hall–Kier alpha value is -2.27. The van der Waals surface area contributed by atoms with Gasteiger partial charge < -0.3 is 15.2 Å². The standard InChI is InChI=1S/C24H32N4O/c1-4-27(5-2)24(29)26-17-11-20-18-7-6-8-21-23(18)19(15(3)25-21)12-22(20)28(14-17)13-16-9-10-16/h6-8,11,16-17,22,25H,4-5,9-10,12-14H2,1-3H3,(H,26,29)/t17-,22+/m0/s1. The Bertz CT molecular complexity index is 967. The number of fused-ring (bicyclic) bond motifs is 2. The molecule has 0 radical (unpaired) electrons. The molecule has 1 saturated carbocycles. The van der Waals surface area contributed by atoms with E-state index < -0.39 is 0 Å². The maximum Gasteiger partial charge on any atom is 0.317 e. The van der Waals surface area contributed by atoms with Gasteiger partial charge in [0.1, 0.15) is 0 Å². The monoisotopic (exact) mass is 392 g/mol. The number of aromatic amines is 1. The fourth-order valence-corrected chi connectivity index (χ4v) is 5.28. The van der Waals surface area contributed by atoms with E-state index in [1.54, 1.807) is 0 Å². The van der Waals surface area contributed by atoms with E-state index in [-0.39, 0.29) is 12.1 Å². The Labute approximate surface area is 173 Å². The Morgan fingerprint density at radius 1 is 1.28 bits per heavy atom. The molecule has 154 valence electrons. The van der Waals surface area contributed by atoms with Crippen LogP contribution in [0.5, 0.6) is 0 Å². The normalized spacial score (nSPS) is 23.6. The smallest absolute Gasteiger partial charge is 0.317 e. The molecule has 2 N–H and O–H groups in total. The van der Waals surface area contributed by atoms with Crippen LogP contribution in [0.4, 0.5) is 4.79 Å². The Morgan fingerprint density at radius 2 is 2.07 bits per heavy atom. The van der Waals surface area contributed by atoms with Gasteiger partial charge in [0.05, 0.1) is 6.04 Å². The van der Waals surface area contributed by atoms with Crippen LogP contribution in [-0.2, 0) is 6.42 Å². The van der Waals surface area contributed by atoms with E-state index in [1.165, 1.54) is 46.1 Å². The van der Waals surface area contributed by atoms with E-state index in [2.05, 4.69) is 46.4 Å². The molecule has 1 fully saturated rings.